The number of hydrogen-bond acceptors (Lipinski definition) is 5. The number of nitrogens with zero attached hydrogens (tertiary/aromatic N) is 1. The number of sulfone groups is 1. The van der Waals surface area contributed by atoms with Crippen molar-refractivity contribution in [2.24, 2.45) is 0 Å². The fourth-order valence-corrected chi connectivity index (χ4v) is 3.79. The predicted molar refractivity (Wildman–Crippen MR) is 100 cm³/mol. The fraction of sp³-hybridized carbons (Fsp3) is 0.263. The summed E-state index contributed by atoms with van der Waals surface area (Å²) >= 11 is 0. The Bertz CT molecular complexity index is 970. The number of rotatable bonds is 3. The Labute approximate surface area is 157 Å². The molecule has 8 heteroatoms. The van der Waals surface area contributed by atoms with Crippen molar-refractivity contribution < 1.29 is 22.7 Å². The molecular weight excluding hydrogens is 368 g/mol. The van der Waals surface area contributed by atoms with E-state index in [1.165, 1.54) is 36.3 Å². The number of methoxy groups -OCH3 is 1. The van der Waals surface area contributed by atoms with Crippen LogP contribution in [0.3, 0.4) is 0 Å². The number of carbonyl (C=O) groups excluding carboxylic acids is 2. The van der Waals surface area contributed by atoms with Crippen molar-refractivity contribution in [1.82, 2.24) is 4.90 Å². The Kier molecular flexibility index (Phi) is 5.18. The van der Waals surface area contributed by atoms with Crippen LogP contribution >= 0.6 is 0 Å². The van der Waals surface area contributed by atoms with Crippen molar-refractivity contribution in [3.8, 4) is 0 Å². The Morgan fingerprint density at radius 3 is 2.41 bits per heavy atom. The summed E-state index contributed by atoms with van der Waals surface area (Å²) < 4.78 is 27.9. The van der Waals surface area contributed by atoms with Crippen LogP contribution in [0.1, 0.15) is 17.2 Å². The molecule has 3 rings (SSSR count). The molecule has 1 aliphatic rings. The van der Waals surface area contributed by atoms with Crippen LogP contribution in [0.15, 0.2) is 53.4 Å². The molecule has 0 fully saturated rings. The smallest absolute Gasteiger partial charge is 0.410 e. The van der Waals surface area contributed by atoms with Gasteiger partial charge >= 0.3 is 6.09 Å². The summed E-state index contributed by atoms with van der Waals surface area (Å²) in [6.07, 6.45) is 1.18. The largest absolute Gasteiger partial charge is 0.453 e. The van der Waals surface area contributed by atoms with E-state index in [0.717, 1.165) is 17.4 Å². The second-order valence-corrected chi connectivity index (χ2v) is 8.32. The van der Waals surface area contributed by atoms with Crippen LogP contribution in [0.4, 0.5) is 10.5 Å². The Morgan fingerprint density at radius 1 is 1.11 bits per heavy atom. The normalized spacial score (nSPS) is 16.4. The topological polar surface area (TPSA) is 92.8 Å². The van der Waals surface area contributed by atoms with Gasteiger partial charge in [-0.25, -0.2) is 13.2 Å². The van der Waals surface area contributed by atoms with Crippen LogP contribution in [-0.4, -0.2) is 45.2 Å². The van der Waals surface area contributed by atoms with Crippen molar-refractivity contribution in [3.05, 3.63) is 59.7 Å². The molecule has 0 saturated carbocycles. The summed E-state index contributed by atoms with van der Waals surface area (Å²) in [5.41, 5.74) is 2.20. The standard InChI is InChI=1S/C19H20N2O5S/c1-26-19(23)21-12-11-13-5-3-4-6-16(13)17(21)18(22)20-14-7-9-15(10-8-14)27(2,24)25/h3-10,17H,11-12H2,1-2H3,(H,20,22). The van der Waals surface area contributed by atoms with Crippen LogP contribution in [0.25, 0.3) is 0 Å². The molecule has 2 aromatic rings. The van der Waals surface area contributed by atoms with Gasteiger partial charge in [-0.2, -0.15) is 0 Å². The summed E-state index contributed by atoms with van der Waals surface area (Å²) in [4.78, 5) is 26.7. The first-order valence-corrected chi connectivity index (χ1v) is 10.2. The molecule has 0 aliphatic carbocycles. The van der Waals surface area contributed by atoms with Crippen LogP contribution in [0.5, 0.6) is 0 Å². The third-order valence-corrected chi connectivity index (χ3v) is 5.62. The van der Waals surface area contributed by atoms with E-state index in [1.54, 1.807) is 0 Å². The first kappa shape index (κ1) is 18.9. The highest BCUT2D eigenvalue weighted by atomic mass is 32.2. The van der Waals surface area contributed by atoms with E-state index in [1.807, 2.05) is 24.3 Å². The first-order chi connectivity index (χ1) is 12.8. The predicted octanol–water partition coefficient (Wildman–Crippen LogP) is 2.39. The van der Waals surface area contributed by atoms with Crippen LogP contribution in [0.2, 0.25) is 0 Å². The average Bonchev–Trinajstić information content (AvgIpc) is 2.66. The zero-order valence-corrected chi connectivity index (χ0v) is 15.8. The summed E-state index contributed by atoms with van der Waals surface area (Å²) in [6.45, 7) is 0.370. The highest BCUT2D eigenvalue weighted by molar-refractivity contribution is 7.90. The van der Waals surface area contributed by atoms with Gasteiger partial charge in [0.05, 0.1) is 12.0 Å². The number of amides is 2. The number of fused-ring (bicyclic) bond motifs is 1. The molecule has 0 bridgehead atoms. The van der Waals surface area contributed by atoms with Crippen molar-refractivity contribution in [2.75, 3.05) is 25.2 Å². The lowest BCUT2D eigenvalue weighted by atomic mass is 9.92. The Hall–Kier alpha value is -2.87. The molecule has 0 aromatic heterocycles. The molecule has 2 aromatic carbocycles. The van der Waals surface area contributed by atoms with E-state index in [-0.39, 0.29) is 10.8 Å². The lowest BCUT2D eigenvalue weighted by Crippen LogP contribution is -2.45. The summed E-state index contributed by atoms with van der Waals surface area (Å²) in [7, 11) is -2.03. The van der Waals surface area contributed by atoms with Gasteiger partial charge in [0.2, 0.25) is 0 Å². The lowest BCUT2D eigenvalue weighted by Gasteiger charge is -2.35. The molecule has 1 aliphatic heterocycles. The van der Waals surface area contributed by atoms with Gasteiger partial charge in [-0.3, -0.25) is 9.69 Å². The van der Waals surface area contributed by atoms with Crippen molar-refractivity contribution in [2.45, 2.75) is 17.4 Å². The minimum atomic E-state index is -3.31. The molecular formula is C19H20N2O5S. The number of anilines is 1. The number of benzene rings is 2. The highest BCUT2D eigenvalue weighted by Crippen LogP contribution is 2.31. The van der Waals surface area contributed by atoms with Gasteiger partial charge in [-0.1, -0.05) is 24.3 Å². The molecule has 142 valence electrons. The van der Waals surface area contributed by atoms with Gasteiger partial charge in [0, 0.05) is 18.5 Å². The lowest BCUT2D eigenvalue weighted by molar-refractivity contribution is -0.121. The minimum Gasteiger partial charge on any atom is -0.453 e. The van der Waals surface area contributed by atoms with E-state index in [2.05, 4.69) is 5.32 Å². The molecule has 0 spiro atoms. The maximum Gasteiger partial charge on any atom is 0.410 e. The van der Waals surface area contributed by atoms with Crippen molar-refractivity contribution in [1.29, 1.82) is 0 Å². The maximum atomic E-state index is 13.0. The third kappa shape index (κ3) is 3.95. The van der Waals surface area contributed by atoms with Crippen molar-refractivity contribution in [3.63, 3.8) is 0 Å². The fourth-order valence-electron chi connectivity index (χ4n) is 3.16. The van der Waals surface area contributed by atoms with Gasteiger partial charge in [0.15, 0.2) is 9.84 Å². The summed E-state index contributed by atoms with van der Waals surface area (Å²) in [6, 6.07) is 12.5. The van der Waals surface area contributed by atoms with Crippen LogP contribution in [0, 0.1) is 0 Å². The molecule has 1 heterocycles. The third-order valence-electron chi connectivity index (χ3n) is 4.49. The van der Waals surface area contributed by atoms with Gasteiger partial charge < -0.3 is 10.1 Å². The molecule has 1 atom stereocenters. The van der Waals surface area contributed by atoms with Crippen LogP contribution < -0.4 is 5.32 Å². The van der Waals surface area contributed by atoms with Gasteiger partial charge in [-0.05, 0) is 41.8 Å². The Balaban J connectivity index is 1.89. The number of hydrogen-bond donors (Lipinski definition) is 1. The zero-order valence-electron chi connectivity index (χ0n) is 15.0. The second kappa shape index (κ2) is 7.40. The second-order valence-electron chi connectivity index (χ2n) is 6.30. The number of nitrogens with one attached hydrogen (secondary N) is 1. The zero-order chi connectivity index (χ0) is 19.6. The van der Waals surface area contributed by atoms with Gasteiger partial charge in [-0.15, -0.1) is 0 Å². The number of ether oxygens (including phenoxy) is 1. The molecule has 0 radical (unpaired) electrons. The van der Waals surface area contributed by atoms with E-state index in [9.17, 15) is 18.0 Å². The van der Waals surface area contributed by atoms with Gasteiger partial charge in [0.25, 0.3) is 5.91 Å². The maximum absolute atomic E-state index is 13.0. The Morgan fingerprint density at radius 2 is 1.78 bits per heavy atom. The van der Waals surface area contributed by atoms with Crippen LogP contribution in [-0.2, 0) is 25.8 Å². The van der Waals surface area contributed by atoms with E-state index < -0.39 is 22.0 Å². The average molecular weight is 388 g/mol. The molecule has 0 saturated heterocycles. The molecule has 7 nitrogen and oxygen atoms in total. The van der Waals surface area contributed by atoms with E-state index in [4.69, 9.17) is 4.74 Å². The SMILES string of the molecule is COC(=O)N1CCc2ccccc2C1C(=O)Nc1ccc(S(C)(=O)=O)cc1. The number of carbonyl (C=O) groups is 2. The highest BCUT2D eigenvalue weighted by Gasteiger charge is 2.36. The molecule has 2 amide bonds. The molecule has 27 heavy (non-hydrogen) atoms. The first-order valence-electron chi connectivity index (χ1n) is 8.34. The van der Waals surface area contributed by atoms with E-state index >= 15 is 0 Å². The summed E-state index contributed by atoms with van der Waals surface area (Å²) in [5, 5.41) is 2.76. The van der Waals surface area contributed by atoms with Crippen molar-refractivity contribution >= 4 is 27.5 Å². The van der Waals surface area contributed by atoms with Gasteiger partial charge in [0.1, 0.15) is 6.04 Å². The monoisotopic (exact) mass is 388 g/mol. The summed E-state index contributed by atoms with van der Waals surface area (Å²) in [5.74, 6) is -0.389. The quantitative estimate of drug-likeness (QED) is 0.872. The molecule has 1 unspecified atom stereocenters. The molecule has 1 N–H and O–H groups in total. The minimum absolute atomic E-state index is 0.166. The van der Waals surface area contributed by atoms with E-state index in [0.29, 0.717) is 18.7 Å².